The lowest BCUT2D eigenvalue weighted by molar-refractivity contribution is 0.0676. The molecule has 76 valence electrons. The zero-order valence-corrected chi connectivity index (χ0v) is 10.2. The highest BCUT2D eigenvalue weighted by Gasteiger charge is 2.21. The number of aromatic nitrogens is 1. The minimum absolute atomic E-state index is 0.250. The highest BCUT2D eigenvalue weighted by atomic mass is 127. The molecule has 1 aromatic heterocycles. The molecule has 0 aliphatic rings. The Hall–Kier alpha value is -0.310. The molecule has 1 aromatic rings. The molecule has 0 spiro atoms. The van der Waals surface area contributed by atoms with Crippen molar-refractivity contribution in [2.45, 2.75) is 6.43 Å². The van der Waals surface area contributed by atoms with Gasteiger partial charge in [-0.3, -0.25) is 0 Å². The normalized spacial score (nSPS) is 10.6. The van der Waals surface area contributed by atoms with Gasteiger partial charge in [0.15, 0.2) is 5.69 Å². The van der Waals surface area contributed by atoms with Crippen LogP contribution in [0, 0.1) is 3.57 Å². The second kappa shape index (κ2) is 4.47. The quantitative estimate of drug-likeness (QED) is 0.636. The van der Waals surface area contributed by atoms with Gasteiger partial charge in [-0.15, -0.1) is 0 Å². The Morgan fingerprint density at radius 2 is 2.21 bits per heavy atom. The smallest absolute Gasteiger partial charge is 0.355 e. The summed E-state index contributed by atoms with van der Waals surface area (Å²) in [5, 5.41) is 8.61. The third-order valence-electron chi connectivity index (χ3n) is 1.40. The summed E-state index contributed by atoms with van der Waals surface area (Å²) >= 11 is 4.76. The first-order valence-electron chi connectivity index (χ1n) is 3.31. The van der Waals surface area contributed by atoms with Gasteiger partial charge >= 0.3 is 5.97 Å². The van der Waals surface area contributed by atoms with E-state index in [1.54, 1.807) is 22.6 Å². The lowest BCUT2D eigenvalue weighted by Crippen LogP contribution is -2.07. The van der Waals surface area contributed by atoms with Crippen molar-refractivity contribution in [1.82, 2.24) is 4.98 Å². The van der Waals surface area contributed by atoms with Crippen molar-refractivity contribution < 1.29 is 18.7 Å². The van der Waals surface area contributed by atoms with Gasteiger partial charge in [0.1, 0.15) is 4.60 Å². The summed E-state index contributed by atoms with van der Waals surface area (Å²) in [6.07, 6.45) is -2.84. The number of aromatic carboxylic acids is 1. The van der Waals surface area contributed by atoms with Crippen molar-refractivity contribution in [1.29, 1.82) is 0 Å². The molecule has 0 amide bonds. The Labute approximate surface area is 99.8 Å². The molecule has 3 nitrogen and oxygen atoms in total. The number of pyridine rings is 1. The lowest BCUT2D eigenvalue weighted by atomic mass is 10.2. The van der Waals surface area contributed by atoms with Crippen molar-refractivity contribution in [3.05, 3.63) is 25.5 Å². The highest BCUT2D eigenvalue weighted by Crippen LogP contribution is 2.27. The second-order valence-corrected chi connectivity index (χ2v) is 4.22. The first-order valence-corrected chi connectivity index (χ1v) is 5.18. The number of alkyl halides is 2. The maximum atomic E-state index is 12.4. The molecule has 1 N–H and O–H groups in total. The van der Waals surface area contributed by atoms with Crippen molar-refractivity contribution in [3.8, 4) is 0 Å². The topological polar surface area (TPSA) is 50.2 Å². The highest BCUT2D eigenvalue weighted by molar-refractivity contribution is 14.1. The van der Waals surface area contributed by atoms with E-state index in [1.807, 2.05) is 0 Å². The molecular formula is C7H3BrF2INO2. The first-order chi connectivity index (χ1) is 6.43. The van der Waals surface area contributed by atoms with Crippen LogP contribution in [0.15, 0.2) is 10.7 Å². The molecule has 14 heavy (non-hydrogen) atoms. The zero-order chi connectivity index (χ0) is 10.9. The van der Waals surface area contributed by atoms with Crippen LogP contribution in [0.5, 0.6) is 0 Å². The zero-order valence-electron chi connectivity index (χ0n) is 6.47. The molecule has 0 saturated carbocycles. The Kier molecular flexibility index (Phi) is 3.76. The van der Waals surface area contributed by atoms with E-state index < -0.39 is 23.7 Å². The Morgan fingerprint density at radius 3 is 2.64 bits per heavy atom. The summed E-state index contributed by atoms with van der Waals surface area (Å²) in [6.45, 7) is 0. The van der Waals surface area contributed by atoms with Gasteiger partial charge in [-0.2, -0.15) is 0 Å². The predicted molar refractivity (Wildman–Crippen MR) is 56.6 cm³/mol. The van der Waals surface area contributed by atoms with Crippen molar-refractivity contribution >= 4 is 44.5 Å². The van der Waals surface area contributed by atoms with E-state index in [0.29, 0.717) is 3.57 Å². The Morgan fingerprint density at radius 1 is 1.64 bits per heavy atom. The number of carboxylic acids is 1. The van der Waals surface area contributed by atoms with Crippen molar-refractivity contribution in [3.63, 3.8) is 0 Å². The van der Waals surface area contributed by atoms with Gasteiger partial charge < -0.3 is 5.11 Å². The van der Waals surface area contributed by atoms with Crippen LogP contribution in [0.3, 0.4) is 0 Å². The number of rotatable bonds is 2. The van der Waals surface area contributed by atoms with Crippen LogP contribution in [0.2, 0.25) is 0 Å². The Balaban J connectivity index is 3.39. The molecule has 0 radical (unpaired) electrons. The van der Waals surface area contributed by atoms with Gasteiger partial charge in [-0.25, -0.2) is 18.6 Å². The third-order valence-corrected chi connectivity index (χ3v) is 3.57. The molecule has 0 aliphatic heterocycles. The maximum absolute atomic E-state index is 12.4. The summed E-state index contributed by atoms with van der Waals surface area (Å²) in [7, 11) is 0. The summed E-state index contributed by atoms with van der Waals surface area (Å²) < 4.78 is 25.5. The SMILES string of the molecule is O=C(O)c1nc(Br)c(I)cc1C(F)F. The lowest BCUT2D eigenvalue weighted by Gasteiger charge is -2.05. The molecule has 0 aromatic carbocycles. The standard InChI is InChI=1S/C7H3BrF2INO2/c8-5-3(11)1-2(6(9)10)4(12-5)7(13)14/h1,6H,(H,13,14). The van der Waals surface area contributed by atoms with Crippen molar-refractivity contribution in [2.24, 2.45) is 0 Å². The van der Waals surface area contributed by atoms with Crippen LogP contribution >= 0.6 is 38.5 Å². The number of hydrogen-bond donors (Lipinski definition) is 1. The number of carboxylic acid groups (broad SMARTS) is 1. The van der Waals surface area contributed by atoms with Gasteiger partial charge in [0.2, 0.25) is 0 Å². The summed E-state index contributed by atoms with van der Waals surface area (Å²) in [4.78, 5) is 14.1. The van der Waals surface area contributed by atoms with Crippen LogP contribution in [-0.4, -0.2) is 16.1 Å². The van der Waals surface area contributed by atoms with Gasteiger partial charge in [-0.05, 0) is 44.6 Å². The average molecular weight is 378 g/mol. The molecular weight excluding hydrogens is 375 g/mol. The number of hydrogen-bond acceptors (Lipinski definition) is 2. The van der Waals surface area contributed by atoms with E-state index in [-0.39, 0.29) is 4.60 Å². The second-order valence-electron chi connectivity index (χ2n) is 2.30. The monoisotopic (exact) mass is 377 g/mol. The predicted octanol–water partition coefficient (Wildman–Crippen LogP) is 3.08. The van der Waals surface area contributed by atoms with E-state index in [9.17, 15) is 13.6 Å². The minimum atomic E-state index is -2.84. The summed E-state index contributed by atoms with van der Waals surface area (Å²) in [6, 6.07) is 1.10. The fourth-order valence-corrected chi connectivity index (χ4v) is 1.57. The van der Waals surface area contributed by atoms with E-state index >= 15 is 0 Å². The molecule has 1 rings (SSSR count). The molecule has 0 fully saturated rings. The number of nitrogens with zero attached hydrogens (tertiary/aromatic N) is 1. The average Bonchev–Trinajstić information content (AvgIpc) is 2.08. The molecule has 1 heterocycles. The van der Waals surface area contributed by atoms with Crippen LogP contribution in [0.4, 0.5) is 8.78 Å². The molecule has 0 bridgehead atoms. The van der Waals surface area contributed by atoms with E-state index in [2.05, 4.69) is 20.9 Å². The van der Waals surface area contributed by atoms with Crippen LogP contribution in [0.1, 0.15) is 22.5 Å². The third kappa shape index (κ3) is 2.38. The number of halogens is 4. The van der Waals surface area contributed by atoms with Crippen LogP contribution in [0.25, 0.3) is 0 Å². The van der Waals surface area contributed by atoms with E-state index in [1.165, 1.54) is 0 Å². The van der Waals surface area contributed by atoms with Gasteiger partial charge in [0, 0.05) is 3.57 Å². The molecule has 0 saturated heterocycles. The van der Waals surface area contributed by atoms with E-state index in [0.717, 1.165) is 6.07 Å². The Bertz CT molecular complexity index is 386. The molecule has 7 heteroatoms. The molecule has 0 aliphatic carbocycles. The first kappa shape index (κ1) is 11.8. The fourth-order valence-electron chi connectivity index (χ4n) is 0.818. The van der Waals surface area contributed by atoms with Crippen molar-refractivity contribution in [2.75, 3.05) is 0 Å². The molecule has 0 atom stereocenters. The maximum Gasteiger partial charge on any atom is 0.355 e. The summed E-state index contributed by atoms with van der Waals surface area (Å²) in [5.41, 5.74) is -1.18. The van der Waals surface area contributed by atoms with Gasteiger partial charge in [0.05, 0.1) is 5.56 Å². The fraction of sp³-hybridized carbons (Fsp3) is 0.143. The van der Waals surface area contributed by atoms with Crippen LogP contribution in [-0.2, 0) is 0 Å². The number of carbonyl (C=O) groups is 1. The largest absolute Gasteiger partial charge is 0.476 e. The summed E-state index contributed by atoms with van der Waals surface area (Å²) in [5.74, 6) is -1.46. The van der Waals surface area contributed by atoms with Gasteiger partial charge in [-0.1, -0.05) is 0 Å². The minimum Gasteiger partial charge on any atom is -0.476 e. The van der Waals surface area contributed by atoms with Gasteiger partial charge in [0.25, 0.3) is 6.43 Å². The molecule has 0 unspecified atom stereocenters. The van der Waals surface area contributed by atoms with Crippen LogP contribution < -0.4 is 0 Å². The van der Waals surface area contributed by atoms with E-state index in [4.69, 9.17) is 5.11 Å².